The standard InChI is InChI=1S/C12H13NO3.Au/c1-2-16-12(14)9-6-10-13(15)11-7-4-3-5-8-11;/h3-8H,2,10H2,1H3;/q;+1. The van der Waals surface area contributed by atoms with E-state index in [0.29, 0.717) is 12.3 Å². The maximum Gasteiger partial charge on any atom is 1.00 e. The van der Waals surface area contributed by atoms with Crippen molar-refractivity contribution in [2.75, 3.05) is 13.2 Å². The van der Waals surface area contributed by atoms with Gasteiger partial charge in [-0.25, -0.2) is 0 Å². The zero-order chi connectivity index (χ0) is 11.8. The Hall–Kier alpha value is -1.23. The molecular weight excluding hydrogens is 403 g/mol. The summed E-state index contributed by atoms with van der Waals surface area (Å²) in [6.45, 7) is 2.09. The first kappa shape index (κ1) is 15.8. The van der Waals surface area contributed by atoms with E-state index in [4.69, 9.17) is 0 Å². The number of carbonyl (C=O) groups excluding carboxylic acids is 1. The monoisotopic (exact) mass is 416 g/mol. The minimum atomic E-state index is -0.552. The minimum Gasteiger partial charge on any atom is -0.490 e. The smallest absolute Gasteiger partial charge is 0.490 e. The topological polar surface area (TPSA) is 46.4 Å². The van der Waals surface area contributed by atoms with Crippen LogP contribution in [0.4, 0.5) is 5.69 Å². The molecule has 0 saturated carbocycles. The fraction of sp³-hybridized carbons (Fsp3) is 0.250. The van der Waals surface area contributed by atoms with Gasteiger partial charge in [-0.3, -0.25) is 4.79 Å². The van der Waals surface area contributed by atoms with Crippen molar-refractivity contribution in [1.29, 1.82) is 0 Å². The first-order chi connectivity index (χ1) is 7.74. The SMILES string of the molecule is CCOC(=O)[C-]=CC[N+](=O)c1ccccc1.[Au+]. The number of rotatable bonds is 5. The fourth-order valence-corrected chi connectivity index (χ4v) is 1.08. The number of benzene rings is 1. The molecule has 0 aromatic heterocycles. The van der Waals surface area contributed by atoms with Crippen LogP contribution < -0.4 is 0 Å². The molecule has 4 nitrogen and oxygen atoms in total. The molecule has 0 bridgehead atoms. The van der Waals surface area contributed by atoms with E-state index in [0.717, 1.165) is 4.76 Å². The summed E-state index contributed by atoms with van der Waals surface area (Å²) in [6.07, 6.45) is 3.72. The summed E-state index contributed by atoms with van der Waals surface area (Å²) in [7, 11) is 0. The molecule has 0 N–H and O–H groups in total. The average molecular weight is 416 g/mol. The Kier molecular flexibility index (Phi) is 8.23. The van der Waals surface area contributed by atoms with Crippen LogP contribution in [0.25, 0.3) is 0 Å². The van der Waals surface area contributed by atoms with E-state index < -0.39 is 5.97 Å². The number of carbonyl (C=O) groups is 1. The summed E-state index contributed by atoms with van der Waals surface area (Å²) < 4.78 is 5.40. The molecule has 94 valence electrons. The van der Waals surface area contributed by atoms with Crippen molar-refractivity contribution in [3.05, 3.63) is 47.4 Å². The molecule has 0 saturated heterocycles. The Bertz CT molecular complexity index is 390. The van der Waals surface area contributed by atoms with E-state index in [9.17, 15) is 9.70 Å². The van der Waals surface area contributed by atoms with E-state index in [1.54, 1.807) is 31.2 Å². The van der Waals surface area contributed by atoms with Crippen molar-refractivity contribution >= 4 is 11.7 Å². The molecule has 1 aromatic rings. The van der Waals surface area contributed by atoms with Crippen molar-refractivity contribution in [1.82, 2.24) is 0 Å². The van der Waals surface area contributed by atoms with E-state index >= 15 is 0 Å². The molecule has 1 aromatic carbocycles. The number of para-hydroxylation sites is 1. The molecule has 0 aliphatic heterocycles. The van der Waals surface area contributed by atoms with Gasteiger partial charge in [-0.05, 0) is 6.92 Å². The summed E-state index contributed by atoms with van der Waals surface area (Å²) in [5, 5.41) is 0. The zero-order valence-electron chi connectivity index (χ0n) is 9.35. The largest absolute Gasteiger partial charge is 1.00 e. The number of nitroso groups, excluding NO2 is 1. The molecule has 0 aliphatic carbocycles. The van der Waals surface area contributed by atoms with Gasteiger partial charge in [-0.15, -0.1) is 0 Å². The van der Waals surface area contributed by atoms with Crippen LogP contribution in [0.5, 0.6) is 0 Å². The molecule has 17 heavy (non-hydrogen) atoms. The number of esters is 1. The molecule has 0 aliphatic rings. The van der Waals surface area contributed by atoms with Crippen LogP contribution in [-0.2, 0) is 31.9 Å². The van der Waals surface area contributed by atoms with Crippen molar-refractivity contribution < 1.29 is 36.7 Å². The van der Waals surface area contributed by atoms with Gasteiger partial charge in [-0.2, -0.15) is 6.08 Å². The normalized spacial score (nSPS) is 9.71. The molecule has 0 fully saturated rings. The quantitative estimate of drug-likeness (QED) is 0.243. The second-order valence-electron chi connectivity index (χ2n) is 2.97. The molecule has 0 heterocycles. The maximum atomic E-state index is 11.5. The molecule has 0 amide bonds. The first-order valence-corrected chi connectivity index (χ1v) is 4.98. The minimum absolute atomic E-state index is 0. The molecule has 0 radical (unpaired) electrons. The number of hydrogen-bond acceptors (Lipinski definition) is 3. The maximum absolute atomic E-state index is 11.5. The van der Waals surface area contributed by atoms with Crippen molar-refractivity contribution in [3.8, 4) is 0 Å². The Labute approximate surface area is 116 Å². The molecule has 1 rings (SSSR count). The number of ether oxygens (including phenoxy) is 1. The van der Waals surface area contributed by atoms with Gasteiger partial charge in [0.15, 0.2) is 6.54 Å². The Morgan fingerprint density at radius 3 is 2.65 bits per heavy atom. The van der Waals surface area contributed by atoms with Gasteiger partial charge in [0.05, 0.1) is 6.61 Å². The molecule has 5 heteroatoms. The van der Waals surface area contributed by atoms with E-state index in [-0.39, 0.29) is 28.9 Å². The molecular formula is C12H13AuNO3+. The van der Waals surface area contributed by atoms with E-state index in [1.807, 2.05) is 6.07 Å². The Morgan fingerprint density at radius 1 is 1.41 bits per heavy atom. The van der Waals surface area contributed by atoms with Gasteiger partial charge in [0, 0.05) is 21.8 Å². The fourth-order valence-electron chi connectivity index (χ4n) is 1.08. The van der Waals surface area contributed by atoms with Crippen LogP contribution in [0.3, 0.4) is 0 Å². The molecule has 0 atom stereocenters. The van der Waals surface area contributed by atoms with Crippen molar-refractivity contribution in [3.63, 3.8) is 0 Å². The van der Waals surface area contributed by atoms with Crippen LogP contribution in [0.2, 0.25) is 0 Å². The zero-order valence-corrected chi connectivity index (χ0v) is 11.5. The van der Waals surface area contributed by atoms with Crippen LogP contribution >= 0.6 is 0 Å². The van der Waals surface area contributed by atoms with Gasteiger partial charge in [0.1, 0.15) is 5.97 Å². The average Bonchev–Trinajstić information content (AvgIpc) is 2.30. The third-order valence-electron chi connectivity index (χ3n) is 1.80. The number of hydrogen-bond donors (Lipinski definition) is 0. The second kappa shape index (κ2) is 8.87. The van der Waals surface area contributed by atoms with Gasteiger partial charge in [0.2, 0.25) is 0 Å². The van der Waals surface area contributed by atoms with Gasteiger partial charge in [0.25, 0.3) is 5.69 Å². The molecule has 0 unspecified atom stereocenters. The van der Waals surface area contributed by atoms with E-state index in [2.05, 4.69) is 10.8 Å². The summed E-state index contributed by atoms with van der Waals surface area (Å²) in [6, 6.07) is 8.78. The summed E-state index contributed by atoms with van der Waals surface area (Å²) in [5.74, 6) is -0.552. The van der Waals surface area contributed by atoms with Crippen LogP contribution in [-0.4, -0.2) is 23.9 Å². The Morgan fingerprint density at radius 2 is 2.06 bits per heavy atom. The molecule has 0 spiro atoms. The first-order valence-electron chi connectivity index (χ1n) is 4.98. The van der Waals surface area contributed by atoms with Gasteiger partial charge in [-0.1, -0.05) is 18.2 Å². The Balaban J connectivity index is 0.00000256. The summed E-state index contributed by atoms with van der Waals surface area (Å²) >= 11 is 0. The number of nitrogens with zero attached hydrogens (tertiary/aromatic N) is 1. The summed E-state index contributed by atoms with van der Waals surface area (Å²) in [5.41, 5.74) is 0.546. The second-order valence-corrected chi connectivity index (χ2v) is 2.97. The van der Waals surface area contributed by atoms with Crippen molar-refractivity contribution in [2.45, 2.75) is 6.92 Å². The predicted octanol–water partition coefficient (Wildman–Crippen LogP) is 2.02. The van der Waals surface area contributed by atoms with Crippen LogP contribution in [0.1, 0.15) is 6.92 Å². The van der Waals surface area contributed by atoms with Crippen LogP contribution in [0.15, 0.2) is 36.4 Å². The van der Waals surface area contributed by atoms with Gasteiger partial charge < -0.3 is 10.8 Å². The third-order valence-corrected chi connectivity index (χ3v) is 1.80. The van der Waals surface area contributed by atoms with Crippen LogP contribution in [0, 0.1) is 11.0 Å². The van der Waals surface area contributed by atoms with Gasteiger partial charge >= 0.3 is 22.4 Å². The predicted molar refractivity (Wildman–Crippen MR) is 59.0 cm³/mol. The van der Waals surface area contributed by atoms with Crippen molar-refractivity contribution in [2.24, 2.45) is 0 Å². The summed E-state index contributed by atoms with van der Waals surface area (Å²) in [4.78, 5) is 22.4. The third kappa shape index (κ3) is 6.16. The van der Waals surface area contributed by atoms with E-state index in [1.165, 1.54) is 6.08 Å².